The number of hydrogen-bond acceptors (Lipinski definition) is 2. The van der Waals surface area contributed by atoms with Crippen molar-refractivity contribution >= 4 is 5.91 Å². The molecule has 1 atom stereocenters. The lowest BCUT2D eigenvalue weighted by atomic mass is 9.75. The van der Waals surface area contributed by atoms with Crippen molar-refractivity contribution in [2.45, 2.75) is 77.8 Å². The van der Waals surface area contributed by atoms with Crippen molar-refractivity contribution in [3.8, 4) is 0 Å². The van der Waals surface area contributed by atoms with Gasteiger partial charge in [-0.2, -0.15) is 0 Å². The quantitative estimate of drug-likeness (QED) is 0.852. The monoisotopic (exact) mass is 266 g/mol. The standard InChI is InChI=1S/C16H30N2O/c1-13(15(19)18-11-5-4-6-12-18)17-14-7-9-16(2,3)10-8-14/h13-14,17H,4-12H2,1-3H3. The summed E-state index contributed by atoms with van der Waals surface area (Å²) in [5.41, 5.74) is 0.498. The third-order valence-electron chi connectivity index (χ3n) is 4.86. The molecule has 1 saturated carbocycles. The fourth-order valence-corrected chi connectivity index (χ4v) is 3.38. The fourth-order valence-electron chi connectivity index (χ4n) is 3.38. The Bertz CT molecular complexity index is 298. The van der Waals surface area contributed by atoms with Gasteiger partial charge < -0.3 is 10.2 Å². The van der Waals surface area contributed by atoms with Crippen molar-refractivity contribution < 1.29 is 4.79 Å². The zero-order valence-corrected chi connectivity index (χ0v) is 12.9. The predicted octanol–water partition coefficient (Wildman–Crippen LogP) is 2.95. The van der Waals surface area contributed by atoms with E-state index in [1.807, 2.05) is 11.8 Å². The number of amides is 1. The summed E-state index contributed by atoms with van der Waals surface area (Å²) in [6.45, 7) is 8.67. The summed E-state index contributed by atoms with van der Waals surface area (Å²) in [5, 5.41) is 3.56. The fraction of sp³-hybridized carbons (Fsp3) is 0.938. The molecule has 3 nitrogen and oxygen atoms in total. The van der Waals surface area contributed by atoms with Crippen LogP contribution in [0.25, 0.3) is 0 Å². The van der Waals surface area contributed by atoms with E-state index in [4.69, 9.17) is 0 Å². The van der Waals surface area contributed by atoms with Gasteiger partial charge in [-0.25, -0.2) is 0 Å². The molecule has 0 aromatic rings. The number of nitrogens with one attached hydrogen (secondary N) is 1. The van der Waals surface area contributed by atoms with Crippen LogP contribution in [0.15, 0.2) is 0 Å². The molecule has 1 amide bonds. The van der Waals surface area contributed by atoms with Crippen LogP contribution >= 0.6 is 0 Å². The molecule has 2 fully saturated rings. The minimum Gasteiger partial charge on any atom is -0.341 e. The van der Waals surface area contributed by atoms with Crippen LogP contribution in [-0.2, 0) is 4.79 Å². The lowest BCUT2D eigenvalue weighted by Gasteiger charge is -2.37. The van der Waals surface area contributed by atoms with Crippen LogP contribution in [-0.4, -0.2) is 36.0 Å². The van der Waals surface area contributed by atoms with E-state index >= 15 is 0 Å². The van der Waals surface area contributed by atoms with Crippen molar-refractivity contribution in [1.29, 1.82) is 0 Å². The van der Waals surface area contributed by atoms with Gasteiger partial charge in [-0.15, -0.1) is 0 Å². The molecule has 1 aliphatic heterocycles. The number of rotatable bonds is 3. The Morgan fingerprint density at radius 2 is 1.74 bits per heavy atom. The van der Waals surface area contributed by atoms with Gasteiger partial charge in [0.1, 0.15) is 0 Å². The molecular weight excluding hydrogens is 236 g/mol. The van der Waals surface area contributed by atoms with Crippen LogP contribution < -0.4 is 5.32 Å². The van der Waals surface area contributed by atoms with E-state index in [9.17, 15) is 4.79 Å². The summed E-state index contributed by atoms with van der Waals surface area (Å²) < 4.78 is 0. The first-order valence-electron chi connectivity index (χ1n) is 8.03. The molecule has 2 rings (SSSR count). The lowest BCUT2D eigenvalue weighted by Crippen LogP contribution is -2.50. The second-order valence-electron chi connectivity index (χ2n) is 7.21. The average molecular weight is 266 g/mol. The van der Waals surface area contributed by atoms with Crippen LogP contribution in [0.4, 0.5) is 0 Å². The van der Waals surface area contributed by atoms with Gasteiger partial charge in [0.25, 0.3) is 0 Å². The van der Waals surface area contributed by atoms with Gasteiger partial charge in [0.15, 0.2) is 0 Å². The zero-order valence-electron chi connectivity index (χ0n) is 12.9. The SMILES string of the molecule is CC(NC1CCC(C)(C)CC1)C(=O)N1CCCCC1. The molecule has 0 spiro atoms. The van der Waals surface area contributed by atoms with Crippen LogP contribution in [0.5, 0.6) is 0 Å². The van der Waals surface area contributed by atoms with Crippen molar-refractivity contribution in [3.63, 3.8) is 0 Å². The van der Waals surface area contributed by atoms with Gasteiger partial charge in [0.05, 0.1) is 6.04 Å². The molecule has 3 heteroatoms. The van der Waals surface area contributed by atoms with Gasteiger partial charge in [0, 0.05) is 19.1 Å². The number of likely N-dealkylation sites (tertiary alicyclic amines) is 1. The highest BCUT2D eigenvalue weighted by Crippen LogP contribution is 2.35. The van der Waals surface area contributed by atoms with E-state index in [1.54, 1.807) is 0 Å². The van der Waals surface area contributed by atoms with Crippen molar-refractivity contribution in [1.82, 2.24) is 10.2 Å². The Hall–Kier alpha value is -0.570. The van der Waals surface area contributed by atoms with E-state index in [0.29, 0.717) is 17.4 Å². The van der Waals surface area contributed by atoms with Gasteiger partial charge >= 0.3 is 0 Å². The lowest BCUT2D eigenvalue weighted by molar-refractivity contribution is -0.134. The van der Waals surface area contributed by atoms with Crippen molar-refractivity contribution in [2.24, 2.45) is 5.41 Å². The third-order valence-corrected chi connectivity index (χ3v) is 4.86. The first kappa shape index (κ1) is 14.8. The molecule has 0 aromatic heterocycles. The highest BCUT2D eigenvalue weighted by molar-refractivity contribution is 5.81. The number of carbonyl (C=O) groups is 1. The molecular formula is C16H30N2O. The van der Waals surface area contributed by atoms with E-state index in [-0.39, 0.29) is 6.04 Å². The average Bonchev–Trinajstić information content (AvgIpc) is 2.41. The molecule has 2 aliphatic rings. The summed E-state index contributed by atoms with van der Waals surface area (Å²) in [5.74, 6) is 0.310. The Labute approximate surface area is 118 Å². The smallest absolute Gasteiger partial charge is 0.239 e. The normalized spacial score (nSPS) is 26.2. The van der Waals surface area contributed by atoms with E-state index in [2.05, 4.69) is 19.2 Å². The van der Waals surface area contributed by atoms with Gasteiger partial charge in [-0.1, -0.05) is 13.8 Å². The number of hydrogen-bond donors (Lipinski definition) is 1. The second kappa shape index (κ2) is 6.25. The van der Waals surface area contributed by atoms with Gasteiger partial charge in [0.2, 0.25) is 5.91 Å². The van der Waals surface area contributed by atoms with Gasteiger partial charge in [-0.3, -0.25) is 4.79 Å². The molecule has 0 radical (unpaired) electrons. The summed E-state index contributed by atoms with van der Waals surface area (Å²) in [7, 11) is 0. The Morgan fingerprint density at radius 1 is 1.16 bits per heavy atom. The molecule has 0 bridgehead atoms. The van der Waals surface area contributed by atoms with Crippen LogP contribution in [0, 0.1) is 5.41 Å². The molecule has 1 saturated heterocycles. The minimum absolute atomic E-state index is 0.00990. The number of piperidine rings is 1. The van der Waals surface area contributed by atoms with Crippen molar-refractivity contribution in [3.05, 3.63) is 0 Å². The van der Waals surface area contributed by atoms with E-state index in [0.717, 1.165) is 13.1 Å². The molecule has 110 valence electrons. The highest BCUT2D eigenvalue weighted by Gasteiger charge is 2.29. The van der Waals surface area contributed by atoms with Crippen molar-refractivity contribution in [2.75, 3.05) is 13.1 Å². The maximum atomic E-state index is 12.4. The molecule has 0 aromatic carbocycles. The van der Waals surface area contributed by atoms with Crippen LogP contribution in [0.1, 0.15) is 65.7 Å². The van der Waals surface area contributed by atoms with Gasteiger partial charge in [-0.05, 0) is 57.3 Å². The Morgan fingerprint density at radius 3 is 2.32 bits per heavy atom. The number of carbonyl (C=O) groups excluding carboxylic acids is 1. The van der Waals surface area contributed by atoms with Crippen LogP contribution in [0.3, 0.4) is 0 Å². The summed E-state index contributed by atoms with van der Waals surface area (Å²) in [6, 6.07) is 0.529. The second-order valence-corrected chi connectivity index (χ2v) is 7.21. The largest absolute Gasteiger partial charge is 0.341 e. The van der Waals surface area contributed by atoms with E-state index < -0.39 is 0 Å². The summed E-state index contributed by atoms with van der Waals surface area (Å²) in [6.07, 6.45) is 8.61. The third kappa shape index (κ3) is 4.20. The Balaban J connectivity index is 1.77. The van der Waals surface area contributed by atoms with E-state index in [1.165, 1.54) is 44.9 Å². The maximum absolute atomic E-state index is 12.4. The Kier molecular flexibility index (Phi) is 4.88. The minimum atomic E-state index is -0.00990. The topological polar surface area (TPSA) is 32.3 Å². The molecule has 19 heavy (non-hydrogen) atoms. The molecule has 1 N–H and O–H groups in total. The summed E-state index contributed by atoms with van der Waals surface area (Å²) >= 11 is 0. The first-order chi connectivity index (χ1) is 8.98. The summed E-state index contributed by atoms with van der Waals surface area (Å²) in [4.78, 5) is 14.4. The molecule has 1 heterocycles. The predicted molar refractivity (Wildman–Crippen MR) is 79.1 cm³/mol. The molecule has 1 unspecified atom stereocenters. The zero-order chi connectivity index (χ0) is 13.9. The number of nitrogens with zero attached hydrogens (tertiary/aromatic N) is 1. The first-order valence-corrected chi connectivity index (χ1v) is 8.03. The van der Waals surface area contributed by atoms with Crippen LogP contribution in [0.2, 0.25) is 0 Å². The molecule has 1 aliphatic carbocycles. The highest BCUT2D eigenvalue weighted by atomic mass is 16.2. The maximum Gasteiger partial charge on any atom is 0.239 e.